The van der Waals surface area contributed by atoms with Gasteiger partial charge in [-0.25, -0.2) is 0 Å². The standard InChI is InChI=1S/C20H19N3O5S/c1-3-28-19(25)12-22-16-9-4-13(2)10-17(16)29-20(22)21-18(24)11-14-5-7-15(8-6-14)23(26)27/h4-10H,3,11-12H2,1-2H3. The zero-order valence-electron chi connectivity index (χ0n) is 16.0. The SMILES string of the molecule is CCOC(=O)Cn1c(=NC(=O)Cc2ccc([N+](=O)[O-])cc2)sc2cc(C)ccc21. The van der Waals surface area contributed by atoms with Crippen molar-refractivity contribution in [3.05, 3.63) is 68.5 Å². The van der Waals surface area contributed by atoms with E-state index in [-0.39, 0.29) is 25.3 Å². The van der Waals surface area contributed by atoms with Crippen molar-refractivity contribution in [2.24, 2.45) is 4.99 Å². The fourth-order valence-electron chi connectivity index (χ4n) is 2.81. The van der Waals surface area contributed by atoms with Gasteiger partial charge in [0, 0.05) is 12.1 Å². The van der Waals surface area contributed by atoms with Crippen LogP contribution in [0.2, 0.25) is 0 Å². The van der Waals surface area contributed by atoms with E-state index in [0.717, 1.165) is 15.8 Å². The van der Waals surface area contributed by atoms with Crippen LogP contribution in [0.25, 0.3) is 10.2 Å². The maximum atomic E-state index is 12.5. The van der Waals surface area contributed by atoms with Gasteiger partial charge in [-0.1, -0.05) is 29.5 Å². The molecule has 1 amide bonds. The number of aromatic nitrogens is 1. The van der Waals surface area contributed by atoms with Crippen molar-refractivity contribution < 1.29 is 19.2 Å². The van der Waals surface area contributed by atoms with Gasteiger partial charge < -0.3 is 9.30 Å². The molecule has 150 valence electrons. The molecule has 0 atom stereocenters. The van der Waals surface area contributed by atoms with Gasteiger partial charge in [0.1, 0.15) is 6.54 Å². The lowest BCUT2D eigenvalue weighted by molar-refractivity contribution is -0.384. The summed E-state index contributed by atoms with van der Waals surface area (Å²) in [7, 11) is 0. The van der Waals surface area contributed by atoms with Crippen molar-refractivity contribution >= 4 is 39.1 Å². The van der Waals surface area contributed by atoms with Crippen LogP contribution in [0.4, 0.5) is 5.69 Å². The normalized spacial score (nSPS) is 11.6. The molecule has 0 fully saturated rings. The van der Waals surface area contributed by atoms with Crippen molar-refractivity contribution in [3.63, 3.8) is 0 Å². The average Bonchev–Trinajstić information content (AvgIpc) is 2.98. The van der Waals surface area contributed by atoms with E-state index >= 15 is 0 Å². The van der Waals surface area contributed by atoms with Gasteiger partial charge in [-0.2, -0.15) is 4.99 Å². The number of rotatable bonds is 6. The molecule has 0 radical (unpaired) electrons. The number of benzene rings is 2. The summed E-state index contributed by atoms with van der Waals surface area (Å²) in [4.78, 5) is 39.3. The van der Waals surface area contributed by atoms with Crippen molar-refractivity contribution in [1.82, 2.24) is 4.57 Å². The van der Waals surface area contributed by atoms with E-state index < -0.39 is 16.8 Å². The van der Waals surface area contributed by atoms with Gasteiger partial charge in [-0.15, -0.1) is 0 Å². The number of nitro benzene ring substituents is 1. The minimum absolute atomic E-state index is 0.00464. The number of amides is 1. The first-order valence-corrected chi connectivity index (χ1v) is 9.75. The lowest BCUT2D eigenvalue weighted by atomic mass is 10.1. The van der Waals surface area contributed by atoms with Crippen molar-refractivity contribution in [3.8, 4) is 0 Å². The number of ether oxygens (including phenoxy) is 1. The molecule has 1 heterocycles. The van der Waals surface area contributed by atoms with Crippen LogP contribution in [-0.4, -0.2) is 28.0 Å². The molecule has 0 spiro atoms. The third kappa shape index (κ3) is 4.94. The number of carbonyl (C=O) groups excluding carboxylic acids is 2. The van der Waals surface area contributed by atoms with Crippen LogP contribution in [0.5, 0.6) is 0 Å². The second kappa shape index (κ2) is 8.78. The fourth-order valence-corrected chi connectivity index (χ4v) is 3.96. The Balaban J connectivity index is 1.93. The van der Waals surface area contributed by atoms with Crippen LogP contribution in [0.15, 0.2) is 47.5 Å². The van der Waals surface area contributed by atoms with E-state index in [1.807, 2.05) is 25.1 Å². The van der Waals surface area contributed by atoms with Gasteiger partial charge in [0.15, 0.2) is 4.80 Å². The highest BCUT2D eigenvalue weighted by atomic mass is 32.1. The first-order chi connectivity index (χ1) is 13.9. The maximum Gasteiger partial charge on any atom is 0.326 e. The largest absolute Gasteiger partial charge is 0.465 e. The summed E-state index contributed by atoms with van der Waals surface area (Å²) in [6, 6.07) is 11.6. The third-order valence-corrected chi connectivity index (χ3v) is 5.19. The van der Waals surface area contributed by atoms with E-state index in [4.69, 9.17) is 4.74 Å². The van der Waals surface area contributed by atoms with Gasteiger partial charge in [0.2, 0.25) is 0 Å². The Morgan fingerprint density at radius 3 is 2.59 bits per heavy atom. The number of thiazole rings is 1. The Morgan fingerprint density at radius 2 is 1.93 bits per heavy atom. The predicted octanol–water partition coefficient (Wildman–Crippen LogP) is 3.15. The Kier molecular flexibility index (Phi) is 6.18. The van der Waals surface area contributed by atoms with E-state index in [0.29, 0.717) is 10.4 Å². The molecule has 2 aromatic carbocycles. The van der Waals surface area contributed by atoms with Gasteiger partial charge in [-0.05, 0) is 37.1 Å². The summed E-state index contributed by atoms with van der Waals surface area (Å²) in [5.41, 5.74) is 2.45. The summed E-state index contributed by atoms with van der Waals surface area (Å²) in [6.07, 6.45) is 0.00464. The Labute approximate surface area is 170 Å². The molecular formula is C20H19N3O5S. The van der Waals surface area contributed by atoms with Crippen molar-refractivity contribution in [2.75, 3.05) is 6.61 Å². The first kappa shape index (κ1) is 20.4. The lowest BCUT2D eigenvalue weighted by Gasteiger charge is -2.05. The molecule has 0 unspecified atom stereocenters. The summed E-state index contributed by atoms with van der Waals surface area (Å²) in [5, 5.41) is 10.7. The number of non-ortho nitro benzene ring substituents is 1. The highest BCUT2D eigenvalue weighted by Gasteiger charge is 2.13. The molecule has 3 rings (SSSR count). The van der Waals surface area contributed by atoms with Crippen LogP contribution >= 0.6 is 11.3 Å². The van der Waals surface area contributed by atoms with Crippen LogP contribution < -0.4 is 4.80 Å². The van der Waals surface area contributed by atoms with Gasteiger partial charge in [0.25, 0.3) is 11.6 Å². The van der Waals surface area contributed by atoms with Gasteiger partial charge >= 0.3 is 5.97 Å². The van der Waals surface area contributed by atoms with Crippen LogP contribution in [0.1, 0.15) is 18.1 Å². The zero-order valence-corrected chi connectivity index (χ0v) is 16.8. The molecule has 8 nitrogen and oxygen atoms in total. The molecule has 0 saturated heterocycles. The lowest BCUT2D eigenvalue weighted by Crippen LogP contribution is -2.23. The van der Waals surface area contributed by atoms with E-state index in [2.05, 4.69) is 4.99 Å². The number of carbonyl (C=O) groups is 2. The minimum atomic E-state index is -0.493. The zero-order chi connectivity index (χ0) is 21.0. The van der Waals surface area contributed by atoms with Crippen LogP contribution in [-0.2, 0) is 27.3 Å². The quantitative estimate of drug-likeness (QED) is 0.351. The van der Waals surface area contributed by atoms with Crippen LogP contribution in [0, 0.1) is 17.0 Å². The number of hydrogen-bond acceptors (Lipinski definition) is 6. The number of esters is 1. The second-order valence-electron chi connectivity index (χ2n) is 6.35. The molecule has 0 bridgehead atoms. The molecular weight excluding hydrogens is 394 g/mol. The molecule has 0 aliphatic carbocycles. The van der Waals surface area contributed by atoms with Crippen molar-refractivity contribution in [1.29, 1.82) is 0 Å². The fraction of sp³-hybridized carbons (Fsp3) is 0.250. The topological polar surface area (TPSA) is 104 Å². The Hall–Kier alpha value is -3.33. The molecule has 0 N–H and O–H groups in total. The Morgan fingerprint density at radius 1 is 1.21 bits per heavy atom. The molecule has 0 saturated carbocycles. The highest BCUT2D eigenvalue weighted by Crippen LogP contribution is 2.19. The molecule has 1 aromatic heterocycles. The minimum Gasteiger partial charge on any atom is -0.465 e. The molecule has 29 heavy (non-hydrogen) atoms. The number of nitrogens with zero attached hydrogens (tertiary/aromatic N) is 3. The van der Waals surface area contributed by atoms with E-state index in [1.165, 1.54) is 35.6 Å². The van der Waals surface area contributed by atoms with Gasteiger partial charge in [0.05, 0.1) is 28.2 Å². The van der Waals surface area contributed by atoms with Gasteiger partial charge in [-0.3, -0.25) is 19.7 Å². The van der Waals surface area contributed by atoms with E-state index in [1.54, 1.807) is 11.5 Å². The third-order valence-electron chi connectivity index (χ3n) is 4.15. The highest BCUT2D eigenvalue weighted by molar-refractivity contribution is 7.16. The summed E-state index contributed by atoms with van der Waals surface area (Å²) >= 11 is 1.32. The monoisotopic (exact) mass is 413 g/mol. The summed E-state index contributed by atoms with van der Waals surface area (Å²) in [6.45, 7) is 3.93. The first-order valence-electron chi connectivity index (χ1n) is 8.94. The van der Waals surface area contributed by atoms with E-state index in [9.17, 15) is 19.7 Å². The number of aryl methyl sites for hydroxylation is 1. The number of fused-ring (bicyclic) bond motifs is 1. The smallest absolute Gasteiger partial charge is 0.326 e. The molecule has 0 aliphatic heterocycles. The van der Waals surface area contributed by atoms with Crippen molar-refractivity contribution in [2.45, 2.75) is 26.8 Å². The number of nitro groups is 1. The molecule has 0 aliphatic rings. The average molecular weight is 413 g/mol. The maximum absolute atomic E-state index is 12.5. The van der Waals surface area contributed by atoms with Crippen LogP contribution in [0.3, 0.4) is 0 Å². The Bertz CT molecular complexity index is 1150. The molecule has 3 aromatic rings. The predicted molar refractivity (Wildman–Crippen MR) is 109 cm³/mol. The second-order valence-corrected chi connectivity index (χ2v) is 7.36. The summed E-state index contributed by atoms with van der Waals surface area (Å²) in [5.74, 6) is -0.809. The summed E-state index contributed by atoms with van der Waals surface area (Å²) < 4.78 is 7.62. The number of hydrogen-bond donors (Lipinski definition) is 0. The molecule has 9 heteroatoms.